The van der Waals surface area contributed by atoms with Crippen LogP contribution in [0.5, 0.6) is 0 Å². The van der Waals surface area contributed by atoms with E-state index in [1.807, 2.05) is 0 Å². The molecule has 98 valence electrons. The molecular formula is C16H27Cl. The fraction of sp³-hybridized carbons (Fsp3) is 0.875. The first-order valence-electron chi connectivity index (χ1n) is 7.56. The summed E-state index contributed by atoms with van der Waals surface area (Å²) in [6, 6.07) is 0. The van der Waals surface area contributed by atoms with Gasteiger partial charge < -0.3 is 0 Å². The zero-order valence-electron chi connectivity index (χ0n) is 11.3. The van der Waals surface area contributed by atoms with E-state index < -0.39 is 0 Å². The second-order valence-corrected chi connectivity index (χ2v) is 6.51. The predicted octanol–water partition coefficient (Wildman–Crippen LogP) is 5.56. The molecule has 0 aromatic heterocycles. The van der Waals surface area contributed by atoms with Gasteiger partial charge in [-0.25, -0.2) is 0 Å². The topological polar surface area (TPSA) is 0 Å². The van der Waals surface area contributed by atoms with Crippen LogP contribution >= 0.6 is 11.6 Å². The van der Waals surface area contributed by atoms with Gasteiger partial charge >= 0.3 is 0 Å². The van der Waals surface area contributed by atoms with Crippen molar-refractivity contribution in [1.82, 2.24) is 0 Å². The van der Waals surface area contributed by atoms with Crippen LogP contribution in [0.15, 0.2) is 11.6 Å². The van der Waals surface area contributed by atoms with Crippen molar-refractivity contribution in [3.63, 3.8) is 0 Å². The van der Waals surface area contributed by atoms with E-state index >= 15 is 0 Å². The van der Waals surface area contributed by atoms with E-state index in [2.05, 4.69) is 13.0 Å². The van der Waals surface area contributed by atoms with Gasteiger partial charge in [0.25, 0.3) is 0 Å². The molecule has 0 aliphatic heterocycles. The van der Waals surface area contributed by atoms with Crippen molar-refractivity contribution in [2.24, 2.45) is 17.8 Å². The molecule has 17 heavy (non-hydrogen) atoms. The quantitative estimate of drug-likeness (QED) is 0.457. The lowest BCUT2D eigenvalue weighted by atomic mass is 9.78. The molecule has 2 aliphatic rings. The molecule has 2 saturated carbocycles. The zero-order valence-corrected chi connectivity index (χ0v) is 12.0. The summed E-state index contributed by atoms with van der Waals surface area (Å²) in [5.74, 6) is 3.34. The number of allylic oxidation sites excluding steroid dienone is 2. The van der Waals surface area contributed by atoms with Gasteiger partial charge in [0.2, 0.25) is 0 Å². The van der Waals surface area contributed by atoms with Gasteiger partial charge in [0.05, 0.1) is 0 Å². The first-order valence-corrected chi connectivity index (χ1v) is 8.09. The van der Waals surface area contributed by atoms with Gasteiger partial charge in [0.15, 0.2) is 0 Å². The van der Waals surface area contributed by atoms with Gasteiger partial charge in [-0.05, 0) is 43.4 Å². The lowest BCUT2D eigenvalue weighted by Gasteiger charge is -2.28. The largest absolute Gasteiger partial charge is 0.122 e. The zero-order chi connectivity index (χ0) is 12.1. The maximum atomic E-state index is 6.19. The first-order chi connectivity index (χ1) is 8.29. The fourth-order valence-electron chi connectivity index (χ4n) is 3.70. The van der Waals surface area contributed by atoms with Crippen molar-refractivity contribution < 1.29 is 0 Å². The molecule has 2 unspecified atom stereocenters. The van der Waals surface area contributed by atoms with Crippen LogP contribution in [0.2, 0.25) is 0 Å². The average Bonchev–Trinajstić information content (AvgIpc) is 2.37. The number of halogens is 1. The molecule has 0 amide bonds. The summed E-state index contributed by atoms with van der Waals surface area (Å²) in [4.78, 5) is 0. The molecule has 0 N–H and O–H groups in total. The van der Waals surface area contributed by atoms with Gasteiger partial charge in [-0.15, -0.1) is 11.6 Å². The second kappa shape index (κ2) is 6.83. The molecule has 2 rings (SSSR count). The molecule has 2 atom stereocenters. The van der Waals surface area contributed by atoms with Crippen molar-refractivity contribution in [1.29, 1.82) is 0 Å². The highest BCUT2D eigenvalue weighted by atomic mass is 35.5. The average molecular weight is 255 g/mol. The van der Waals surface area contributed by atoms with Crippen molar-refractivity contribution in [2.75, 3.05) is 5.88 Å². The van der Waals surface area contributed by atoms with Crippen LogP contribution in [0.4, 0.5) is 0 Å². The Labute approximate surface area is 112 Å². The summed E-state index contributed by atoms with van der Waals surface area (Å²) in [6.45, 7) is 2.40. The van der Waals surface area contributed by atoms with Gasteiger partial charge in [-0.2, -0.15) is 0 Å². The van der Waals surface area contributed by atoms with Gasteiger partial charge in [0.1, 0.15) is 0 Å². The highest BCUT2D eigenvalue weighted by Gasteiger charge is 2.21. The third-order valence-corrected chi connectivity index (χ3v) is 5.02. The van der Waals surface area contributed by atoms with Crippen LogP contribution in [-0.2, 0) is 0 Å². The van der Waals surface area contributed by atoms with Gasteiger partial charge in [-0.3, -0.25) is 0 Å². The van der Waals surface area contributed by atoms with E-state index in [9.17, 15) is 0 Å². The molecule has 0 heterocycles. The third-order valence-electron chi connectivity index (χ3n) is 4.71. The molecule has 0 spiro atoms. The summed E-state index contributed by atoms with van der Waals surface area (Å²) in [7, 11) is 0. The Morgan fingerprint density at radius 3 is 2.47 bits per heavy atom. The van der Waals surface area contributed by atoms with E-state index in [0.717, 1.165) is 23.6 Å². The Bertz CT molecular complexity index is 250. The minimum absolute atomic E-state index is 0.773. The summed E-state index contributed by atoms with van der Waals surface area (Å²) in [5, 5.41) is 0. The molecule has 0 bridgehead atoms. The Balaban J connectivity index is 1.95. The van der Waals surface area contributed by atoms with Gasteiger partial charge in [0, 0.05) is 5.88 Å². The molecule has 0 aromatic carbocycles. The SMILES string of the molecule is CC1CCCC(C=C(CCl)C2CCCCC2)C1. The third kappa shape index (κ3) is 4.02. The van der Waals surface area contributed by atoms with Crippen LogP contribution in [-0.4, -0.2) is 5.88 Å². The number of alkyl halides is 1. The monoisotopic (exact) mass is 254 g/mol. The lowest BCUT2D eigenvalue weighted by Crippen LogP contribution is -2.15. The molecule has 2 aliphatic carbocycles. The number of hydrogen-bond donors (Lipinski definition) is 0. The Morgan fingerprint density at radius 2 is 1.82 bits per heavy atom. The van der Waals surface area contributed by atoms with Crippen LogP contribution in [0.1, 0.15) is 64.7 Å². The second-order valence-electron chi connectivity index (χ2n) is 6.24. The first kappa shape index (κ1) is 13.5. The van der Waals surface area contributed by atoms with E-state index in [4.69, 9.17) is 11.6 Å². The Kier molecular flexibility index (Phi) is 5.41. The summed E-state index contributed by atoms with van der Waals surface area (Å²) < 4.78 is 0. The maximum Gasteiger partial charge on any atom is 0.0436 e. The minimum atomic E-state index is 0.773. The molecule has 0 nitrogen and oxygen atoms in total. The Hall–Kier alpha value is 0.0300. The van der Waals surface area contributed by atoms with Crippen LogP contribution in [0.25, 0.3) is 0 Å². The smallest absolute Gasteiger partial charge is 0.0436 e. The van der Waals surface area contributed by atoms with Crippen molar-refractivity contribution >= 4 is 11.6 Å². The summed E-state index contributed by atoms with van der Waals surface area (Å²) in [6.07, 6.45) is 15.3. The minimum Gasteiger partial charge on any atom is -0.122 e. The van der Waals surface area contributed by atoms with E-state index in [0.29, 0.717) is 0 Å². The molecule has 0 radical (unpaired) electrons. The van der Waals surface area contributed by atoms with Crippen molar-refractivity contribution in [2.45, 2.75) is 64.7 Å². The molecular weight excluding hydrogens is 228 g/mol. The molecule has 2 fully saturated rings. The van der Waals surface area contributed by atoms with Crippen LogP contribution < -0.4 is 0 Å². The number of hydrogen-bond acceptors (Lipinski definition) is 0. The van der Waals surface area contributed by atoms with Crippen molar-refractivity contribution in [3.8, 4) is 0 Å². The lowest BCUT2D eigenvalue weighted by molar-refractivity contribution is 0.320. The normalized spacial score (nSPS) is 32.7. The highest BCUT2D eigenvalue weighted by Crippen LogP contribution is 2.35. The number of rotatable bonds is 3. The summed E-state index contributed by atoms with van der Waals surface area (Å²) in [5.41, 5.74) is 1.57. The van der Waals surface area contributed by atoms with E-state index in [1.165, 1.54) is 57.8 Å². The van der Waals surface area contributed by atoms with E-state index in [-0.39, 0.29) is 0 Å². The van der Waals surface area contributed by atoms with Crippen LogP contribution in [0, 0.1) is 17.8 Å². The predicted molar refractivity (Wildman–Crippen MR) is 76.5 cm³/mol. The van der Waals surface area contributed by atoms with Crippen LogP contribution in [0.3, 0.4) is 0 Å². The fourth-order valence-corrected chi connectivity index (χ4v) is 4.01. The molecule has 0 aromatic rings. The van der Waals surface area contributed by atoms with Crippen molar-refractivity contribution in [3.05, 3.63) is 11.6 Å². The Morgan fingerprint density at radius 1 is 1.06 bits per heavy atom. The maximum absolute atomic E-state index is 6.19. The molecule has 1 heteroatoms. The van der Waals surface area contributed by atoms with Gasteiger partial charge in [-0.1, -0.05) is 50.7 Å². The highest BCUT2D eigenvalue weighted by molar-refractivity contribution is 6.19. The standard InChI is InChI=1S/C16H27Cl/c1-13-6-5-7-14(10-13)11-16(12-17)15-8-3-2-4-9-15/h11,13-15H,2-10,12H2,1H3. The summed E-state index contributed by atoms with van der Waals surface area (Å²) >= 11 is 6.19. The van der Waals surface area contributed by atoms with E-state index in [1.54, 1.807) is 5.57 Å². The molecule has 0 saturated heterocycles.